The van der Waals surface area contributed by atoms with Gasteiger partial charge in [-0.1, -0.05) is 0 Å². The van der Waals surface area contributed by atoms with Crippen LogP contribution in [0, 0.1) is 11.9 Å². The van der Waals surface area contributed by atoms with Crippen LogP contribution >= 0.6 is 0 Å². The van der Waals surface area contributed by atoms with Crippen LogP contribution in [0.1, 0.15) is 6.92 Å². The lowest BCUT2D eigenvalue weighted by molar-refractivity contribution is 0.286. The van der Waals surface area contributed by atoms with Gasteiger partial charge < -0.3 is 14.0 Å². The zero-order valence-electron chi connectivity index (χ0n) is 6.51. The van der Waals surface area contributed by atoms with Crippen LogP contribution in [0.2, 0.25) is 0 Å². The van der Waals surface area contributed by atoms with Crippen molar-refractivity contribution in [1.82, 2.24) is 0 Å². The molecule has 0 N–H and O–H groups in total. The molecule has 56 valence electrons. The molecule has 0 radical (unpaired) electrons. The maximum Gasteiger partial charge on any atom is 0.553 e. The molecule has 0 aromatic rings. The molecule has 10 heavy (non-hydrogen) atoms. The summed E-state index contributed by atoms with van der Waals surface area (Å²) in [6, 6.07) is 0. The Balaban J connectivity index is 3.52. The Morgan fingerprint density at radius 1 is 1.30 bits per heavy atom. The van der Waals surface area contributed by atoms with Gasteiger partial charge in [0.15, 0.2) is 0 Å². The van der Waals surface area contributed by atoms with E-state index in [4.69, 9.17) is 14.0 Å². The van der Waals surface area contributed by atoms with Crippen LogP contribution in [0.5, 0.6) is 0 Å². The maximum absolute atomic E-state index is 4.77. The lowest BCUT2D eigenvalue weighted by Gasteiger charge is -1.97. The molecule has 4 heteroatoms. The fraction of sp³-hybridized carbons (Fsp3) is 0.667. The highest BCUT2D eigenvalue weighted by Crippen LogP contribution is 1.80. The fourth-order valence-corrected chi connectivity index (χ4v) is 0.376. The highest BCUT2D eigenvalue weighted by Gasteiger charge is 2.08. The summed E-state index contributed by atoms with van der Waals surface area (Å²) < 4.78 is 14.3. The minimum Gasteiger partial charge on any atom is -0.447 e. The third-order valence-electron chi connectivity index (χ3n) is 0.821. The molecule has 0 aromatic carbocycles. The molecule has 0 fully saturated rings. The third kappa shape index (κ3) is 4.25. The minimum absolute atomic E-state index is 0.480. The van der Waals surface area contributed by atoms with Crippen molar-refractivity contribution in [1.29, 1.82) is 0 Å². The van der Waals surface area contributed by atoms with Gasteiger partial charge in [0, 0.05) is 14.2 Å². The predicted octanol–water partition coefficient (Wildman–Crippen LogP) is 0.304. The average Bonchev–Trinajstić information content (AvgIpc) is 1.99. The smallest absolute Gasteiger partial charge is 0.447 e. The standard InChI is InChI=1S/C6H11BO3/c1-4-10-6-5-7(8-2)9-3/h4H2,1-3H3. The Kier molecular flexibility index (Phi) is 6.04. The normalized spacial score (nSPS) is 7.90. The van der Waals surface area contributed by atoms with Crippen LogP contribution in [-0.4, -0.2) is 27.9 Å². The van der Waals surface area contributed by atoms with E-state index in [9.17, 15) is 0 Å². The molecule has 0 amide bonds. The number of hydrogen-bond donors (Lipinski definition) is 0. The first kappa shape index (κ1) is 9.34. The van der Waals surface area contributed by atoms with Crippen LogP contribution in [0.3, 0.4) is 0 Å². The summed E-state index contributed by atoms with van der Waals surface area (Å²) in [5, 5.41) is 0. The predicted molar refractivity (Wildman–Crippen MR) is 39.2 cm³/mol. The van der Waals surface area contributed by atoms with Gasteiger partial charge in [-0.2, -0.15) is 0 Å². The number of hydrogen-bond acceptors (Lipinski definition) is 3. The van der Waals surface area contributed by atoms with Crippen molar-refractivity contribution < 1.29 is 14.0 Å². The summed E-state index contributed by atoms with van der Waals surface area (Å²) in [6.07, 6.45) is 2.44. The number of ether oxygens (including phenoxy) is 1. The Hall–Kier alpha value is -0.655. The van der Waals surface area contributed by atoms with E-state index in [1.807, 2.05) is 6.92 Å². The minimum atomic E-state index is -0.480. The van der Waals surface area contributed by atoms with Crippen LogP contribution in [0.15, 0.2) is 0 Å². The molecule has 0 aromatic heterocycles. The molecule has 0 aliphatic carbocycles. The molecule has 0 saturated heterocycles. The largest absolute Gasteiger partial charge is 0.553 e. The average molecular weight is 142 g/mol. The fourth-order valence-electron chi connectivity index (χ4n) is 0.376. The molecule has 0 saturated carbocycles. The van der Waals surface area contributed by atoms with Crippen molar-refractivity contribution in [2.24, 2.45) is 0 Å². The highest BCUT2D eigenvalue weighted by molar-refractivity contribution is 6.54. The first-order valence-electron chi connectivity index (χ1n) is 3.03. The SMILES string of the molecule is CCOC#CB(OC)OC. The van der Waals surface area contributed by atoms with Gasteiger partial charge in [-0.05, 0) is 12.7 Å². The maximum atomic E-state index is 4.77. The summed E-state index contributed by atoms with van der Waals surface area (Å²) in [5.41, 5.74) is 0. The topological polar surface area (TPSA) is 27.7 Å². The monoisotopic (exact) mass is 142 g/mol. The second-order valence-corrected chi connectivity index (χ2v) is 1.48. The molecule has 0 heterocycles. The first-order chi connectivity index (χ1) is 4.85. The van der Waals surface area contributed by atoms with E-state index in [2.05, 4.69) is 11.9 Å². The third-order valence-corrected chi connectivity index (χ3v) is 0.821. The van der Waals surface area contributed by atoms with Crippen molar-refractivity contribution >= 4 is 7.12 Å². The molecule has 0 atom stereocenters. The molecule has 0 aliphatic heterocycles. The van der Waals surface area contributed by atoms with Gasteiger partial charge in [0.05, 0.1) is 6.61 Å². The van der Waals surface area contributed by atoms with E-state index in [0.29, 0.717) is 6.61 Å². The van der Waals surface area contributed by atoms with Gasteiger partial charge in [-0.25, -0.2) is 0 Å². The zero-order chi connectivity index (χ0) is 7.82. The molecule has 0 unspecified atom stereocenters. The van der Waals surface area contributed by atoms with Crippen LogP contribution in [-0.2, 0) is 14.0 Å². The quantitative estimate of drug-likeness (QED) is 0.419. The van der Waals surface area contributed by atoms with Gasteiger partial charge in [-0.15, -0.1) is 0 Å². The lowest BCUT2D eigenvalue weighted by Crippen LogP contribution is -2.16. The van der Waals surface area contributed by atoms with Gasteiger partial charge in [0.2, 0.25) is 0 Å². The van der Waals surface area contributed by atoms with Gasteiger partial charge in [0.1, 0.15) is 6.11 Å². The summed E-state index contributed by atoms with van der Waals surface area (Å²) in [5.74, 6) is 2.60. The van der Waals surface area contributed by atoms with E-state index in [-0.39, 0.29) is 0 Å². The van der Waals surface area contributed by atoms with Crippen molar-refractivity contribution in [3.63, 3.8) is 0 Å². The van der Waals surface area contributed by atoms with Crippen molar-refractivity contribution in [3.05, 3.63) is 0 Å². The van der Waals surface area contributed by atoms with E-state index < -0.39 is 7.12 Å². The Morgan fingerprint density at radius 3 is 2.30 bits per heavy atom. The molecule has 0 spiro atoms. The van der Waals surface area contributed by atoms with E-state index in [1.54, 1.807) is 0 Å². The van der Waals surface area contributed by atoms with Gasteiger partial charge in [-0.3, -0.25) is 0 Å². The summed E-state index contributed by atoms with van der Waals surface area (Å²) >= 11 is 0. The number of rotatable bonds is 3. The van der Waals surface area contributed by atoms with Crippen LogP contribution in [0.25, 0.3) is 0 Å². The van der Waals surface area contributed by atoms with Crippen LogP contribution in [0.4, 0.5) is 0 Å². The molecule has 0 bridgehead atoms. The van der Waals surface area contributed by atoms with E-state index >= 15 is 0 Å². The lowest BCUT2D eigenvalue weighted by atomic mass is 9.93. The Bertz CT molecular complexity index is 123. The summed E-state index contributed by atoms with van der Waals surface area (Å²) in [6.45, 7) is 2.44. The van der Waals surface area contributed by atoms with Crippen molar-refractivity contribution in [2.75, 3.05) is 20.8 Å². The van der Waals surface area contributed by atoms with Crippen LogP contribution < -0.4 is 0 Å². The Morgan fingerprint density at radius 2 is 1.90 bits per heavy atom. The zero-order valence-corrected chi connectivity index (χ0v) is 6.51. The van der Waals surface area contributed by atoms with E-state index in [1.165, 1.54) is 14.2 Å². The molecule has 0 aliphatic rings. The molecule has 0 rings (SSSR count). The first-order valence-corrected chi connectivity index (χ1v) is 3.03. The summed E-state index contributed by atoms with van der Waals surface area (Å²) in [7, 11) is 2.57. The molecule has 3 nitrogen and oxygen atoms in total. The van der Waals surface area contributed by atoms with E-state index in [0.717, 1.165) is 0 Å². The second kappa shape index (κ2) is 6.46. The molecular weight excluding hydrogens is 131 g/mol. The van der Waals surface area contributed by atoms with Gasteiger partial charge >= 0.3 is 7.12 Å². The highest BCUT2D eigenvalue weighted by atomic mass is 16.6. The second-order valence-electron chi connectivity index (χ2n) is 1.48. The van der Waals surface area contributed by atoms with Crippen molar-refractivity contribution in [2.45, 2.75) is 6.92 Å². The molecular formula is C6H11BO3. The van der Waals surface area contributed by atoms with Gasteiger partial charge in [0.25, 0.3) is 0 Å². The summed E-state index contributed by atoms with van der Waals surface area (Å²) in [4.78, 5) is 0. The van der Waals surface area contributed by atoms with Crippen molar-refractivity contribution in [3.8, 4) is 11.9 Å². The Labute approximate surface area is 61.8 Å².